The number of hydrogen-bond donors (Lipinski definition) is 0. The molecular formula is C14H14N2O2. The van der Waals surface area contributed by atoms with Crippen LogP contribution in [0, 0.1) is 0 Å². The molecule has 0 fully saturated rings. The molecule has 0 unspecified atom stereocenters. The molecule has 1 aromatic heterocycles. The topological polar surface area (TPSA) is 44.1 Å². The molecule has 1 aliphatic rings. The summed E-state index contributed by atoms with van der Waals surface area (Å²) in [5, 5.41) is 4.07. The first-order chi connectivity index (χ1) is 8.72. The molecule has 0 saturated carbocycles. The van der Waals surface area contributed by atoms with E-state index < -0.39 is 0 Å². The second kappa shape index (κ2) is 4.38. The quantitative estimate of drug-likeness (QED) is 0.772. The number of aromatic nitrogens is 2. The van der Waals surface area contributed by atoms with Crippen molar-refractivity contribution in [1.82, 2.24) is 9.78 Å². The molecular weight excluding hydrogens is 228 g/mol. The largest absolute Gasteiger partial charge is 0.372 e. The van der Waals surface area contributed by atoms with Gasteiger partial charge >= 0.3 is 0 Å². The third-order valence-corrected chi connectivity index (χ3v) is 3.17. The zero-order chi connectivity index (χ0) is 12.5. The van der Waals surface area contributed by atoms with Crippen molar-refractivity contribution < 1.29 is 9.53 Å². The molecule has 1 aliphatic heterocycles. The van der Waals surface area contributed by atoms with Gasteiger partial charge in [0.15, 0.2) is 5.78 Å². The van der Waals surface area contributed by atoms with Gasteiger partial charge in [0.1, 0.15) is 0 Å². The predicted molar refractivity (Wildman–Crippen MR) is 66.2 cm³/mol. The highest BCUT2D eigenvalue weighted by Crippen LogP contribution is 2.21. The van der Waals surface area contributed by atoms with Gasteiger partial charge in [-0.25, -0.2) is 0 Å². The van der Waals surface area contributed by atoms with Crippen LogP contribution in [-0.2, 0) is 31.4 Å². The Morgan fingerprint density at radius 1 is 1.39 bits per heavy atom. The van der Waals surface area contributed by atoms with E-state index in [1.54, 1.807) is 10.9 Å². The highest BCUT2D eigenvalue weighted by atomic mass is 16.5. The average Bonchev–Trinajstić information content (AvgIpc) is 2.96. The average molecular weight is 242 g/mol. The maximum absolute atomic E-state index is 12.1. The minimum atomic E-state index is 0.123. The Morgan fingerprint density at radius 2 is 2.22 bits per heavy atom. The highest BCUT2D eigenvalue weighted by molar-refractivity contribution is 5.97. The Labute approximate surface area is 105 Å². The molecule has 0 radical (unpaired) electrons. The third-order valence-electron chi connectivity index (χ3n) is 3.17. The second-order valence-electron chi connectivity index (χ2n) is 4.60. The van der Waals surface area contributed by atoms with Crippen LogP contribution in [0.2, 0.25) is 0 Å². The van der Waals surface area contributed by atoms with Crippen molar-refractivity contribution in [3.05, 3.63) is 52.8 Å². The van der Waals surface area contributed by atoms with Crippen molar-refractivity contribution in [2.24, 2.45) is 7.05 Å². The fraction of sp³-hybridized carbons (Fsp3) is 0.286. The summed E-state index contributed by atoms with van der Waals surface area (Å²) in [6, 6.07) is 5.81. The van der Waals surface area contributed by atoms with Crippen LogP contribution in [0.4, 0.5) is 0 Å². The van der Waals surface area contributed by atoms with Crippen LogP contribution in [0.5, 0.6) is 0 Å². The molecule has 2 aromatic rings. The number of carbonyl (C=O) groups excluding carboxylic acids is 1. The summed E-state index contributed by atoms with van der Waals surface area (Å²) in [5.41, 5.74) is 4.02. The normalized spacial score (nSPS) is 13.6. The number of nitrogens with zero attached hydrogens (tertiary/aromatic N) is 2. The van der Waals surface area contributed by atoms with Gasteiger partial charge in [-0.1, -0.05) is 12.1 Å². The zero-order valence-electron chi connectivity index (χ0n) is 10.2. The van der Waals surface area contributed by atoms with Crippen LogP contribution in [0.25, 0.3) is 0 Å². The maximum atomic E-state index is 12.1. The zero-order valence-corrected chi connectivity index (χ0v) is 10.2. The van der Waals surface area contributed by atoms with E-state index in [0.717, 1.165) is 16.7 Å². The molecule has 0 spiro atoms. The van der Waals surface area contributed by atoms with E-state index in [4.69, 9.17) is 4.74 Å². The standard InChI is InChI=1S/C14H14N2O2/c1-16-7-10(6-15-16)4-14(17)11-2-3-12-8-18-9-13(12)5-11/h2-3,5-7H,4,8-9H2,1H3. The van der Waals surface area contributed by atoms with Gasteiger partial charge in [-0.15, -0.1) is 0 Å². The summed E-state index contributed by atoms with van der Waals surface area (Å²) < 4.78 is 7.05. The molecule has 1 aromatic carbocycles. The van der Waals surface area contributed by atoms with Crippen molar-refractivity contribution in [2.45, 2.75) is 19.6 Å². The van der Waals surface area contributed by atoms with E-state index in [-0.39, 0.29) is 5.78 Å². The van der Waals surface area contributed by atoms with E-state index in [9.17, 15) is 4.79 Å². The van der Waals surface area contributed by atoms with Gasteiger partial charge in [0.25, 0.3) is 0 Å². The molecule has 4 nitrogen and oxygen atoms in total. The third kappa shape index (κ3) is 2.07. The van der Waals surface area contributed by atoms with Crippen LogP contribution in [0.15, 0.2) is 30.6 Å². The number of Topliss-reactive ketones (excluding diaryl/α,β-unsaturated/α-hetero) is 1. The lowest BCUT2D eigenvalue weighted by Gasteiger charge is -2.02. The molecule has 0 amide bonds. The molecule has 18 heavy (non-hydrogen) atoms. The molecule has 0 N–H and O–H groups in total. The lowest BCUT2D eigenvalue weighted by molar-refractivity contribution is 0.0993. The molecule has 0 aliphatic carbocycles. The van der Waals surface area contributed by atoms with Gasteiger partial charge in [-0.3, -0.25) is 9.48 Å². The number of ketones is 1. The Morgan fingerprint density at radius 3 is 3.00 bits per heavy atom. The fourth-order valence-electron chi connectivity index (χ4n) is 2.20. The van der Waals surface area contributed by atoms with Crippen molar-refractivity contribution in [2.75, 3.05) is 0 Å². The summed E-state index contributed by atoms with van der Waals surface area (Å²) >= 11 is 0. The monoisotopic (exact) mass is 242 g/mol. The van der Waals surface area contributed by atoms with E-state index >= 15 is 0 Å². The lowest BCUT2D eigenvalue weighted by atomic mass is 10.0. The Balaban J connectivity index is 1.80. The van der Waals surface area contributed by atoms with Gasteiger partial charge in [-0.2, -0.15) is 5.10 Å². The van der Waals surface area contributed by atoms with Crippen molar-refractivity contribution in [3.63, 3.8) is 0 Å². The van der Waals surface area contributed by atoms with Crippen LogP contribution in [-0.4, -0.2) is 15.6 Å². The first kappa shape index (κ1) is 11.2. The summed E-state index contributed by atoms with van der Waals surface area (Å²) in [7, 11) is 1.85. The second-order valence-corrected chi connectivity index (χ2v) is 4.60. The molecule has 0 bridgehead atoms. The highest BCUT2D eigenvalue weighted by Gasteiger charge is 2.14. The Bertz CT molecular complexity index is 602. The van der Waals surface area contributed by atoms with E-state index in [1.807, 2.05) is 31.4 Å². The molecule has 3 rings (SSSR count). The fourth-order valence-corrected chi connectivity index (χ4v) is 2.20. The lowest BCUT2D eigenvalue weighted by Crippen LogP contribution is -2.03. The summed E-state index contributed by atoms with van der Waals surface area (Å²) in [5.74, 6) is 0.123. The minimum Gasteiger partial charge on any atom is -0.372 e. The number of aryl methyl sites for hydroxylation is 1. The summed E-state index contributed by atoms with van der Waals surface area (Å²) in [6.07, 6.45) is 4.00. The number of carbonyl (C=O) groups is 1. The summed E-state index contributed by atoms with van der Waals surface area (Å²) in [6.45, 7) is 1.27. The molecule has 4 heteroatoms. The van der Waals surface area contributed by atoms with Gasteiger partial charge in [0.05, 0.1) is 19.4 Å². The van der Waals surface area contributed by atoms with E-state index in [0.29, 0.717) is 19.6 Å². The van der Waals surface area contributed by atoms with Crippen molar-refractivity contribution in [3.8, 4) is 0 Å². The molecule has 92 valence electrons. The van der Waals surface area contributed by atoms with Gasteiger partial charge in [0.2, 0.25) is 0 Å². The van der Waals surface area contributed by atoms with Crippen molar-refractivity contribution in [1.29, 1.82) is 0 Å². The molecule has 0 saturated heterocycles. The predicted octanol–water partition coefficient (Wildman–Crippen LogP) is 1.88. The number of hydrogen-bond acceptors (Lipinski definition) is 3. The number of ether oxygens (including phenoxy) is 1. The van der Waals surface area contributed by atoms with Gasteiger partial charge < -0.3 is 4.74 Å². The van der Waals surface area contributed by atoms with Crippen LogP contribution in [0.1, 0.15) is 27.0 Å². The van der Waals surface area contributed by atoms with Crippen LogP contribution >= 0.6 is 0 Å². The van der Waals surface area contributed by atoms with Crippen LogP contribution < -0.4 is 0 Å². The number of rotatable bonds is 3. The van der Waals surface area contributed by atoms with Crippen molar-refractivity contribution >= 4 is 5.78 Å². The number of benzene rings is 1. The Kier molecular flexibility index (Phi) is 2.72. The minimum absolute atomic E-state index is 0.123. The smallest absolute Gasteiger partial charge is 0.167 e. The van der Waals surface area contributed by atoms with E-state index in [2.05, 4.69) is 5.10 Å². The summed E-state index contributed by atoms with van der Waals surface area (Å²) in [4.78, 5) is 12.1. The molecule has 0 atom stereocenters. The Hall–Kier alpha value is -1.94. The first-order valence-corrected chi connectivity index (χ1v) is 5.92. The van der Waals surface area contributed by atoms with Crippen LogP contribution in [0.3, 0.4) is 0 Å². The molecule has 2 heterocycles. The number of fused-ring (bicyclic) bond motifs is 1. The van der Waals surface area contributed by atoms with Gasteiger partial charge in [0, 0.05) is 25.2 Å². The maximum Gasteiger partial charge on any atom is 0.167 e. The first-order valence-electron chi connectivity index (χ1n) is 5.92. The van der Waals surface area contributed by atoms with Gasteiger partial charge in [-0.05, 0) is 22.8 Å². The SMILES string of the molecule is Cn1cc(CC(=O)c2ccc3c(c2)COC3)cn1. The van der Waals surface area contributed by atoms with E-state index in [1.165, 1.54) is 5.56 Å².